The normalized spacial score (nSPS) is 16.6. The molecule has 1 aliphatic heterocycles. The number of hydrogen-bond acceptors (Lipinski definition) is 7. The molecule has 11 heteroatoms. The maximum atomic E-state index is 13.5. The summed E-state index contributed by atoms with van der Waals surface area (Å²) in [5.41, 5.74) is 0.550. The molecule has 3 aromatic rings. The summed E-state index contributed by atoms with van der Waals surface area (Å²) in [5.74, 6) is 0.219. The quantitative estimate of drug-likeness (QED) is 0.634. The van der Waals surface area contributed by atoms with Crippen LogP contribution in [-0.4, -0.2) is 64.0 Å². The van der Waals surface area contributed by atoms with Crippen molar-refractivity contribution in [2.45, 2.75) is 10.8 Å². The molecular formula is C16H17FN6O2S2. The van der Waals surface area contributed by atoms with Crippen molar-refractivity contribution in [2.24, 2.45) is 0 Å². The Morgan fingerprint density at radius 1 is 1.11 bits per heavy atom. The molecule has 0 aliphatic carbocycles. The molecule has 2 aromatic heterocycles. The molecule has 0 amide bonds. The van der Waals surface area contributed by atoms with Gasteiger partial charge in [0.1, 0.15) is 10.0 Å². The summed E-state index contributed by atoms with van der Waals surface area (Å²) in [5, 5.41) is 13.4. The predicted molar refractivity (Wildman–Crippen MR) is 97.5 cm³/mol. The van der Waals surface area contributed by atoms with Gasteiger partial charge in [0, 0.05) is 26.2 Å². The molecule has 4 rings (SSSR count). The molecule has 1 fully saturated rings. The maximum Gasteiger partial charge on any atom is 0.252 e. The lowest BCUT2D eigenvalue weighted by Gasteiger charge is -2.33. The van der Waals surface area contributed by atoms with Gasteiger partial charge in [-0.25, -0.2) is 12.8 Å². The Morgan fingerprint density at radius 3 is 2.63 bits per heavy atom. The monoisotopic (exact) mass is 408 g/mol. The number of thiophene rings is 1. The molecule has 142 valence electrons. The second-order valence-corrected chi connectivity index (χ2v) is 9.21. The van der Waals surface area contributed by atoms with E-state index in [0.29, 0.717) is 48.4 Å². The van der Waals surface area contributed by atoms with Crippen molar-refractivity contribution < 1.29 is 12.8 Å². The molecule has 0 spiro atoms. The Morgan fingerprint density at radius 2 is 1.93 bits per heavy atom. The molecule has 0 atom stereocenters. The Kier molecular flexibility index (Phi) is 5.00. The second kappa shape index (κ2) is 7.43. The van der Waals surface area contributed by atoms with E-state index in [4.69, 9.17) is 0 Å². The van der Waals surface area contributed by atoms with E-state index in [1.54, 1.807) is 29.6 Å². The van der Waals surface area contributed by atoms with E-state index in [1.807, 2.05) is 0 Å². The third kappa shape index (κ3) is 3.76. The van der Waals surface area contributed by atoms with E-state index < -0.39 is 10.0 Å². The van der Waals surface area contributed by atoms with Crippen molar-refractivity contribution in [1.82, 2.24) is 29.4 Å². The minimum atomic E-state index is -3.42. The SMILES string of the molecule is O=S(=O)(c1cccs1)N1CCN(Cc2nnnn2-c2cccc(F)c2)CC1. The average molecular weight is 408 g/mol. The van der Waals surface area contributed by atoms with Gasteiger partial charge in [-0.1, -0.05) is 12.1 Å². The number of tetrazole rings is 1. The Balaban J connectivity index is 1.43. The zero-order valence-electron chi connectivity index (χ0n) is 14.3. The van der Waals surface area contributed by atoms with Crippen LogP contribution in [-0.2, 0) is 16.6 Å². The van der Waals surface area contributed by atoms with E-state index >= 15 is 0 Å². The van der Waals surface area contributed by atoms with Gasteiger partial charge in [-0.05, 0) is 40.1 Å². The first kappa shape index (κ1) is 18.2. The third-order valence-electron chi connectivity index (χ3n) is 4.37. The summed E-state index contributed by atoms with van der Waals surface area (Å²) in [6.45, 7) is 2.40. The topological polar surface area (TPSA) is 84.2 Å². The molecule has 0 unspecified atom stereocenters. The largest absolute Gasteiger partial charge is 0.293 e. The van der Waals surface area contributed by atoms with E-state index in [0.717, 1.165) is 0 Å². The zero-order chi connectivity index (χ0) is 18.9. The van der Waals surface area contributed by atoms with Crippen molar-refractivity contribution in [3.8, 4) is 5.69 Å². The number of benzene rings is 1. The van der Waals surface area contributed by atoms with Crippen LogP contribution < -0.4 is 0 Å². The summed E-state index contributed by atoms with van der Waals surface area (Å²) in [6.07, 6.45) is 0. The molecule has 0 saturated carbocycles. The van der Waals surface area contributed by atoms with Gasteiger partial charge in [-0.2, -0.15) is 8.99 Å². The second-order valence-electron chi connectivity index (χ2n) is 6.10. The van der Waals surface area contributed by atoms with Crippen LogP contribution in [0.2, 0.25) is 0 Å². The fourth-order valence-corrected chi connectivity index (χ4v) is 5.54. The number of halogens is 1. The highest BCUT2D eigenvalue weighted by atomic mass is 32.2. The highest BCUT2D eigenvalue weighted by Gasteiger charge is 2.29. The van der Waals surface area contributed by atoms with Gasteiger partial charge in [0.15, 0.2) is 5.82 Å². The number of aromatic nitrogens is 4. The van der Waals surface area contributed by atoms with Crippen molar-refractivity contribution in [3.05, 3.63) is 53.4 Å². The van der Waals surface area contributed by atoms with E-state index in [9.17, 15) is 12.8 Å². The molecule has 3 heterocycles. The number of nitrogens with zero attached hydrogens (tertiary/aromatic N) is 6. The van der Waals surface area contributed by atoms with Crippen molar-refractivity contribution in [1.29, 1.82) is 0 Å². The molecule has 8 nitrogen and oxygen atoms in total. The Bertz CT molecular complexity index is 1010. The molecule has 0 bridgehead atoms. The summed E-state index contributed by atoms with van der Waals surface area (Å²) < 4.78 is 42.0. The average Bonchev–Trinajstić information content (AvgIpc) is 3.34. The number of piperazine rings is 1. The van der Waals surface area contributed by atoms with Crippen LogP contribution in [0.15, 0.2) is 46.0 Å². The minimum Gasteiger partial charge on any atom is -0.293 e. The van der Waals surface area contributed by atoms with Gasteiger partial charge in [-0.15, -0.1) is 16.4 Å². The Labute approximate surface area is 159 Å². The van der Waals surface area contributed by atoms with Crippen LogP contribution in [0.5, 0.6) is 0 Å². The van der Waals surface area contributed by atoms with E-state index in [-0.39, 0.29) is 5.82 Å². The number of hydrogen-bond donors (Lipinski definition) is 0. The molecule has 27 heavy (non-hydrogen) atoms. The van der Waals surface area contributed by atoms with Gasteiger partial charge >= 0.3 is 0 Å². The maximum absolute atomic E-state index is 13.5. The van der Waals surface area contributed by atoms with Gasteiger partial charge in [0.2, 0.25) is 0 Å². The summed E-state index contributed by atoms with van der Waals surface area (Å²) in [7, 11) is -3.42. The van der Waals surface area contributed by atoms with Crippen molar-refractivity contribution >= 4 is 21.4 Å². The summed E-state index contributed by atoms with van der Waals surface area (Å²) in [4.78, 5) is 2.09. The van der Waals surface area contributed by atoms with Gasteiger partial charge in [0.05, 0.1) is 12.2 Å². The highest BCUT2D eigenvalue weighted by Crippen LogP contribution is 2.22. The predicted octanol–water partition coefficient (Wildman–Crippen LogP) is 1.37. The van der Waals surface area contributed by atoms with Gasteiger partial charge < -0.3 is 0 Å². The first-order valence-corrected chi connectivity index (χ1v) is 10.7. The Hall–Kier alpha value is -2.21. The summed E-state index contributed by atoms with van der Waals surface area (Å²) >= 11 is 1.23. The molecular weight excluding hydrogens is 391 g/mol. The molecule has 1 aromatic carbocycles. The lowest BCUT2D eigenvalue weighted by Crippen LogP contribution is -2.48. The molecule has 0 radical (unpaired) electrons. The summed E-state index contributed by atoms with van der Waals surface area (Å²) in [6, 6.07) is 9.42. The highest BCUT2D eigenvalue weighted by molar-refractivity contribution is 7.91. The third-order valence-corrected chi connectivity index (χ3v) is 7.64. The van der Waals surface area contributed by atoms with Crippen LogP contribution in [0.1, 0.15) is 5.82 Å². The fraction of sp³-hybridized carbons (Fsp3) is 0.312. The van der Waals surface area contributed by atoms with Crippen LogP contribution in [0.25, 0.3) is 5.69 Å². The van der Waals surface area contributed by atoms with Gasteiger partial charge in [-0.3, -0.25) is 4.90 Å². The first-order chi connectivity index (χ1) is 13.0. The van der Waals surface area contributed by atoms with Crippen LogP contribution in [0, 0.1) is 5.82 Å². The minimum absolute atomic E-state index is 0.360. The van der Waals surface area contributed by atoms with Crippen molar-refractivity contribution in [3.63, 3.8) is 0 Å². The first-order valence-electron chi connectivity index (χ1n) is 8.33. The van der Waals surface area contributed by atoms with Crippen LogP contribution >= 0.6 is 11.3 Å². The van der Waals surface area contributed by atoms with Crippen LogP contribution in [0.3, 0.4) is 0 Å². The lowest BCUT2D eigenvalue weighted by molar-refractivity contribution is 0.177. The smallest absolute Gasteiger partial charge is 0.252 e. The van der Waals surface area contributed by atoms with E-state index in [2.05, 4.69) is 20.4 Å². The van der Waals surface area contributed by atoms with Crippen LogP contribution in [0.4, 0.5) is 4.39 Å². The fourth-order valence-electron chi connectivity index (χ4n) is 2.98. The van der Waals surface area contributed by atoms with E-state index in [1.165, 1.54) is 32.5 Å². The lowest BCUT2D eigenvalue weighted by atomic mass is 10.3. The zero-order valence-corrected chi connectivity index (χ0v) is 15.9. The number of rotatable bonds is 5. The van der Waals surface area contributed by atoms with Crippen molar-refractivity contribution in [2.75, 3.05) is 26.2 Å². The number of sulfonamides is 1. The molecule has 1 saturated heterocycles. The molecule has 0 N–H and O–H groups in total. The standard InChI is InChI=1S/C16H17FN6O2S2/c17-13-3-1-4-14(11-13)23-15(18-19-20-23)12-21-6-8-22(9-7-21)27(24,25)16-5-2-10-26-16/h1-5,10-11H,6-9,12H2. The van der Waals surface area contributed by atoms with Gasteiger partial charge in [0.25, 0.3) is 10.0 Å². The molecule has 1 aliphatic rings.